The van der Waals surface area contributed by atoms with Crippen molar-refractivity contribution in [3.05, 3.63) is 48.0 Å². The van der Waals surface area contributed by atoms with Crippen LogP contribution in [0.15, 0.2) is 42.5 Å². The number of rotatable bonds is 2. The van der Waals surface area contributed by atoms with E-state index in [9.17, 15) is 5.11 Å². The van der Waals surface area contributed by atoms with Gasteiger partial charge in [-0.2, -0.15) is 5.26 Å². The molecule has 0 saturated heterocycles. The molecule has 0 saturated carbocycles. The Bertz CT molecular complexity index is 508. The molecule has 74 valence electrons. The van der Waals surface area contributed by atoms with Gasteiger partial charge in [0.15, 0.2) is 0 Å². The van der Waals surface area contributed by atoms with E-state index >= 15 is 0 Å². The maximum absolute atomic E-state index is 9.31. The summed E-state index contributed by atoms with van der Waals surface area (Å²) in [5.41, 5.74) is 1.02. The molecule has 0 aliphatic rings. The molecular weight excluding hydrogens is 186 g/mol. The minimum absolute atomic E-state index is 0.387. The average Bonchev–Trinajstić information content (AvgIpc) is 2.29. The summed E-state index contributed by atoms with van der Waals surface area (Å²) in [6.45, 7) is 0. The third-order valence-electron chi connectivity index (χ3n) is 2.44. The molecule has 2 rings (SSSR count). The van der Waals surface area contributed by atoms with Gasteiger partial charge >= 0.3 is 0 Å². The van der Waals surface area contributed by atoms with Crippen LogP contribution in [0.2, 0.25) is 0 Å². The summed E-state index contributed by atoms with van der Waals surface area (Å²) in [5.74, 6) is 0. The zero-order chi connectivity index (χ0) is 10.7. The van der Waals surface area contributed by atoms with Crippen LogP contribution in [0.4, 0.5) is 0 Å². The first kappa shape index (κ1) is 9.70. The standard InChI is InChI=1S/C13H11NO/c14-9-12(15)8-11-6-3-5-10-4-1-2-7-13(10)11/h1-7,12,15H,8H2/t12-/m1/s1. The molecule has 0 spiro atoms. The van der Waals surface area contributed by atoms with Crippen LogP contribution in [0.3, 0.4) is 0 Å². The van der Waals surface area contributed by atoms with Crippen LogP contribution in [-0.2, 0) is 6.42 Å². The van der Waals surface area contributed by atoms with Crippen LogP contribution in [0.5, 0.6) is 0 Å². The maximum atomic E-state index is 9.31. The third-order valence-corrected chi connectivity index (χ3v) is 2.44. The zero-order valence-electron chi connectivity index (χ0n) is 8.22. The van der Waals surface area contributed by atoms with Gasteiger partial charge in [0.05, 0.1) is 6.07 Å². The lowest BCUT2D eigenvalue weighted by Gasteiger charge is -2.06. The highest BCUT2D eigenvalue weighted by molar-refractivity contribution is 5.85. The molecule has 0 aliphatic carbocycles. The van der Waals surface area contributed by atoms with Crippen molar-refractivity contribution in [3.8, 4) is 6.07 Å². The fourth-order valence-electron chi connectivity index (χ4n) is 1.72. The molecule has 2 aromatic carbocycles. The molecule has 0 aliphatic heterocycles. The van der Waals surface area contributed by atoms with E-state index in [-0.39, 0.29) is 0 Å². The number of nitriles is 1. The number of hydrogen-bond acceptors (Lipinski definition) is 2. The first-order chi connectivity index (χ1) is 7.31. The summed E-state index contributed by atoms with van der Waals surface area (Å²) in [6.07, 6.45) is -0.534. The number of aliphatic hydroxyl groups is 1. The Morgan fingerprint density at radius 2 is 1.87 bits per heavy atom. The largest absolute Gasteiger partial charge is 0.378 e. The fraction of sp³-hybridized carbons (Fsp3) is 0.154. The van der Waals surface area contributed by atoms with E-state index in [1.165, 1.54) is 0 Å². The maximum Gasteiger partial charge on any atom is 0.144 e. The van der Waals surface area contributed by atoms with Crippen molar-refractivity contribution in [2.45, 2.75) is 12.5 Å². The number of aliphatic hydroxyl groups excluding tert-OH is 1. The summed E-state index contributed by atoms with van der Waals surface area (Å²) in [6, 6.07) is 15.7. The number of fused-ring (bicyclic) bond motifs is 1. The first-order valence-corrected chi connectivity index (χ1v) is 4.85. The number of benzene rings is 2. The molecule has 2 aromatic rings. The van der Waals surface area contributed by atoms with Gasteiger partial charge in [0.25, 0.3) is 0 Å². The Morgan fingerprint density at radius 3 is 2.67 bits per heavy atom. The topological polar surface area (TPSA) is 44.0 Å². The van der Waals surface area contributed by atoms with Gasteiger partial charge in [0.2, 0.25) is 0 Å². The summed E-state index contributed by atoms with van der Waals surface area (Å²) in [7, 11) is 0. The predicted octanol–water partition coefficient (Wildman–Crippen LogP) is 2.27. The van der Waals surface area contributed by atoms with Crippen LogP contribution >= 0.6 is 0 Å². The van der Waals surface area contributed by atoms with E-state index in [1.54, 1.807) is 0 Å². The molecular formula is C13H11NO. The van der Waals surface area contributed by atoms with Gasteiger partial charge in [-0.05, 0) is 16.3 Å². The monoisotopic (exact) mass is 197 g/mol. The Hall–Kier alpha value is -1.85. The van der Waals surface area contributed by atoms with Crippen molar-refractivity contribution < 1.29 is 5.11 Å². The van der Waals surface area contributed by atoms with Crippen LogP contribution in [-0.4, -0.2) is 11.2 Å². The van der Waals surface area contributed by atoms with Gasteiger partial charge in [-0.15, -0.1) is 0 Å². The third kappa shape index (κ3) is 1.98. The van der Waals surface area contributed by atoms with E-state index in [0.29, 0.717) is 6.42 Å². The normalized spacial score (nSPS) is 12.3. The fourth-order valence-corrected chi connectivity index (χ4v) is 1.72. The van der Waals surface area contributed by atoms with Crippen molar-refractivity contribution >= 4 is 10.8 Å². The van der Waals surface area contributed by atoms with E-state index in [2.05, 4.69) is 0 Å². The Kier molecular flexibility index (Phi) is 2.66. The minimum Gasteiger partial charge on any atom is -0.378 e. The molecule has 0 fully saturated rings. The SMILES string of the molecule is N#C[C@H](O)Cc1cccc2ccccc12. The minimum atomic E-state index is -0.921. The first-order valence-electron chi connectivity index (χ1n) is 4.85. The van der Waals surface area contributed by atoms with Crippen molar-refractivity contribution in [2.75, 3.05) is 0 Å². The van der Waals surface area contributed by atoms with Gasteiger partial charge in [-0.25, -0.2) is 0 Å². The molecule has 0 amide bonds. The molecule has 1 N–H and O–H groups in total. The summed E-state index contributed by atoms with van der Waals surface area (Å²) >= 11 is 0. The highest BCUT2D eigenvalue weighted by Gasteiger charge is 2.06. The van der Waals surface area contributed by atoms with E-state index in [0.717, 1.165) is 16.3 Å². The van der Waals surface area contributed by atoms with E-state index in [4.69, 9.17) is 5.26 Å². The highest BCUT2D eigenvalue weighted by Crippen LogP contribution is 2.19. The van der Waals surface area contributed by atoms with E-state index in [1.807, 2.05) is 48.5 Å². The van der Waals surface area contributed by atoms with Gasteiger partial charge < -0.3 is 5.11 Å². The average molecular weight is 197 g/mol. The Labute approximate surface area is 88.4 Å². The lowest BCUT2D eigenvalue weighted by atomic mass is 10.0. The highest BCUT2D eigenvalue weighted by atomic mass is 16.3. The Morgan fingerprint density at radius 1 is 1.13 bits per heavy atom. The molecule has 0 unspecified atom stereocenters. The summed E-state index contributed by atoms with van der Waals surface area (Å²) < 4.78 is 0. The van der Waals surface area contributed by atoms with E-state index < -0.39 is 6.10 Å². The van der Waals surface area contributed by atoms with Crippen molar-refractivity contribution in [2.24, 2.45) is 0 Å². The summed E-state index contributed by atoms with van der Waals surface area (Å²) in [5, 5.41) is 20.1. The van der Waals surface area contributed by atoms with Crippen molar-refractivity contribution in [1.82, 2.24) is 0 Å². The van der Waals surface area contributed by atoms with Crippen LogP contribution in [0.25, 0.3) is 10.8 Å². The van der Waals surface area contributed by atoms with Crippen LogP contribution in [0.1, 0.15) is 5.56 Å². The predicted molar refractivity (Wildman–Crippen MR) is 59.3 cm³/mol. The second-order valence-corrected chi connectivity index (χ2v) is 3.49. The van der Waals surface area contributed by atoms with Gasteiger partial charge in [-0.3, -0.25) is 0 Å². The molecule has 0 aromatic heterocycles. The Balaban J connectivity index is 2.48. The van der Waals surface area contributed by atoms with Gasteiger partial charge in [0, 0.05) is 6.42 Å². The smallest absolute Gasteiger partial charge is 0.144 e. The lowest BCUT2D eigenvalue weighted by Crippen LogP contribution is -2.06. The molecule has 15 heavy (non-hydrogen) atoms. The van der Waals surface area contributed by atoms with Crippen LogP contribution in [0, 0.1) is 11.3 Å². The van der Waals surface area contributed by atoms with Crippen molar-refractivity contribution in [1.29, 1.82) is 5.26 Å². The molecule has 2 nitrogen and oxygen atoms in total. The van der Waals surface area contributed by atoms with Crippen LogP contribution < -0.4 is 0 Å². The molecule has 0 heterocycles. The van der Waals surface area contributed by atoms with Gasteiger partial charge in [-0.1, -0.05) is 42.5 Å². The molecule has 0 radical (unpaired) electrons. The molecule has 1 atom stereocenters. The molecule has 2 heteroatoms. The van der Waals surface area contributed by atoms with Gasteiger partial charge in [0.1, 0.15) is 6.10 Å². The quantitative estimate of drug-likeness (QED) is 0.750. The number of hydrogen-bond donors (Lipinski definition) is 1. The molecule has 0 bridgehead atoms. The second-order valence-electron chi connectivity index (χ2n) is 3.49. The summed E-state index contributed by atoms with van der Waals surface area (Å²) in [4.78, 5) is 0. The second kappa shape index (κ2) is 4.12. The zero-order valence-corrected chi connectivity index (χ0v) is 8.22. The van der Waals surface area contributed by atoms with Crippen molar-refractivity contribution in [3.63, 3.8) is 0 Å². The lowest BCUT2D eigenvalue weighted by molar-refractivity contribution is 0.231. The number of nitrogens with zero attached hydrogens (tertiary/aromatic N) is 1.